The molecule has 0 bridgehead atoms. The van der Waals surface area contributed by atoms with Gasteiger partial charge in [0.1, 0.15) is 0 Å². The SMILES string of the molecule is CC(C)N(CCCN=C(N)NC(C)(C)C)C(C)C. The van der Waals surface area contributed by atoms with Crippen LogP contribution in [0.4, 0.5) is 0 Å². The van der Waals surface area contributed by atoms with Crippen molar-refractivity contribution in [3.63, 3.8) is 0 Å². The number of hydrogen-bond donors (Lipinski definition) is 2. The zero-order valence-corrected chi connectivity index (χ0v) is 13.2. The molecule has 0 fully saturated rings. The minimum Gasteiger partial charge on any atom is -0.370 e. The van der Waals surface area contributed by atoms with E-state index in [4.69, 9.17) is 5.73 Å². The Morgan fingerprint density at radius 3 is 2.06 bits per heavy atom. The van der Waals surface area contributed by atoms with Crippen LogP contribution in [0.5, 0.6) is 0 Å². The van der Waals surface area contributed by atoms with Gasteiger partial charge in [0.2, 0.25) is 0 Å². The summed E-state index contributed by atoms with van der Waals surface area (Å²) in [6, 6.07) is 1.16. The molecule has 18 heavy (non-hydrogen) atoms. The summed E-state index contributed by atoms with van der Waals surface area (Å²) in [7, 11) is 0. The standard InChI is InChI=1S/C14H32N4/c1-11(2)18(12(3)4)10-8-9-16-13(15)17-14(5,6)7/h11-12H,8-10H2,1-7H3,(H3,15,16,17). The molecule has 0 aromatic rings. The third kappa shape index (κ3) is 8.34. The van der Waals surface area contributed by atoms with Crippen LogP contribution in [-0.4, -0.2) is 41.6 Å². The average molecular weight is 256 g/mol. The molecule has 0 aliphatic carbocycles. The zero-order chi connectivity index (χ0) is 14.3. The van der Waals surface area contributed by atoms with Crippen LogP contribution in [0.25, 0.3) is 0 Å². The molecule has 4 nitrogen and oxygen atoms in total. The van der Waals surface area contributed by atoms with Gasteiger partial charge >= 0.3 is 0 Å². The van der Waals surface area contributed by atoms with E-state index < -0.39 is 0 Å². The average Bonchev–Trinajstić information content (AvgIpc) is 2.12. The third-order valence-electron chi connectivity index (χ3n) is 2.69. The van der Waals surface area contributed by atoms with Crippen molar-refractivity contribution in [2.45, 2.75) is 72.5 Å². The Morgan fingerprint density at radius 2 is 1.67 bits per heavy atom. The van der Waals surface area contributed by atoms with Gasteiger partial charge in [-0.3, -0.25) is 9.89 Å². The highest BCUT2D eigenvalue weighted by Crippen LogP contribution is 2.05. The van der Waals surface area contributed by atoms with Crippen LogP contribution in [0.1, 0.15) is 54.9 Å². The predicted molar refractivity (Wildman–Crippen MR) is 81.0 cm³/mol. The number of nitrogens with two attached hydrogens (primary N) is 1. The molecule has 0 aliphatic heterocycles. The Bertz CT molecular complexity index is 243. The summed E-state index contributed by atoms with van der Waals surface area (Å²) >= 11 is 0. The van der Waals surface area contributed by atoms with E-state index in [0.717, 1.165) is 19.5 Å². The lowest BCUT2D eigenvalue weighted by molar-refractivity contribution is 0.174. The molecule has 0 heterocycles. The molecule has 0 rings (SSSR count). The lowest BCUT2D eigenvalue weighted by Crippen LogP contribution is -2.45. The van der Waals surface area contributed by atoms with Crippen molar-refractivity contribution in [2.75, 3.05) is 13.1 Å². The van der Waals surface area contributed by atoms with Crippen molar-refractivity contribution in [1.29, 1.82) is 0 Å². The number of aliphatic imine (C=N–C) groups is 1. The molecule has 0 saturated heterocycles. The van der Waals surface area contributed by atoms with E-state index >= 15 is 0 Å². The Balaban J connectivity index is 4.01. The molecule has 0 amide bonds. The van der Waals surface area contributed by atoms with Gasteiger partial charge in [-0.25, -0.2) is 0 Å². The quantitative estimate of drug-likeness (QED) is 0.435. The Morgan fingerprint density at radius 1 is 1.17 bits per heavy atom. The van der Waals surface area contributed by atoms with Crippen molar-refractivity contribution in [3.8, 4) is 0 Å². The van der Waals surface area contributed by atoms with Crippen molar-refractivity contribution in [1.82, 2.24) is 10.2 Å². The highest BCUT2D eigenvalue weighted by molar-refractivity contribution is 5.78. The fraction of sp³-hybridized carbons (Fsp3) is 0.929. The van der Waals surface area contributed by atoms with Crippen LogP contribution in [0.3, 0.4) is 0 Å². The molecular formula is C14H32N4. The van der Waals surface area contributed by atoms with E-state index in [1.807, 2.05) is 0 Å². The molecule has 0 atom stereocenters. The summed E-state index contributed by atoms with van der Waals surface area (Å²) in [5.41, 5.74) is 5.80. The monoisotopic (exact) mass is 256 g/mol. The summed E-state index contributed by atoms with van der Waals surface area (Å²) in [6.45, 7) is 17.0. The summed E-state index contributed by atoms with van der Waals surface area (Å²) in [5.74, 6) is 0.545. The highest BCUT2D eigenvalue weighted by Gasteiger charge is 2.12. The Labute approximate surface area is 113 Å². The largest absolute Gasteiger partial charge is 0.370 e. The second-order valence-corrected chi connectivity index (χ2v) is 6.42. The van der Waals surface area contributed by atoms with Gasteiger partial charge in [-0.2, -0.15) is 0 Å². The topological polar surface area (TPSA) is 53.6 Å². The number of hydrogen-bond acceptors (Lipinski definition) is 2. The van der Waals surface area contributed by atoms with Gasteiger partial charge in [-0.15, -0.1) is 0 Å². The van der Waals surface area contributed by atoms with Crippen LogP contribution in [0.15, 0.2) is 4.99 Å². The molecule has 0 aliphatic rings. The van der Waals surface area contributed by atoms with Gasteiger partial charge in [0.05, 0.1) is 0 Å². The highest BCUT2D eigenvalue weighted by atomic mass is 15.2. The van der Waals surface area contributed by atoms with E-state index in [1.54, 1.807) is 0 Å². The van der Waals surface area contributed by atoms with Gasteiger partial charge in [0.25, 0.3) is 0 Å². The zero-order valence-electron chi connectivity index (χ0n) is 13.2. The Hall–Kier alpha value is -0.770. The number of nitrogens with zero attached hydrogens (tertiary/aromatic N) is 2. The maximum absolute atomic E-state index is 5.82. The number of rotatable bonds is 6. The summed E-state index contributed by atoms with van der Waals surface area (Å²) in [6.07, 6.45) is 1.04. The molecule has 3 N–H and O–H groups in total. The number of guanidine groups is 1. The molecule has 0 saturated carbocycles. The molecular weight excluding hydrogens is 224 g/mol. The molecule has 0 aromatic heterocycles. The summed E-state index contributed by atoms with van der Waals surface area (Å²) in [5, 5.41) is 3.17. The lowest BCUT2D eigenvalue weighted by atomic mass is 10.1. The predicted octanol–water partition coefficient (Wildman–Crippen LogP) is 2.20. The molecule has 0 radical (unpaired) electrons. The fourth-order valence-electron chi connectivity index (χ4n) is 1.99. The van der Waals surface area contributed by atoms with Gasteiger partial charge in [-0.1, -0.05) is 0 Å². The van der Waals surface area contributed by atoms with Gasteiger partial charge < -0.3 is 11.1 Å². The van der Waals surface area contributed by atoms with Crippen molar-refractivity contribution >= 4 is 5.96 Å². The summed E-state index contributed by atoms with van der Waals surface area (Å²) in [4.78, 5) is 6.83. The maximum Gasteiger partial charge on any atom is 0.188 e. The van der Waals surface area contributed by atoms with Crippen LogP contribution in [0, 0.1) is 0 Å². The van der Waals surface area contributed by atoms with E-state index in [1.165, 1.54) is 0 Å². The lowest BCUT2D eigenvalue weighted by Gasteiger charge is -2.30. The normalized spacial score (nSPS) is 13.8. The first-order valence-electron chi connectivity index (χ1n) is 6.97. The van der Waals surface area contributed by atoms with E-state index in [9.17, 15) is 0 Å². The van der Waals surface area contributed by atoms with E-state index in [0.29, 0.717) is 18.0 Å². The molecule has 108 valence electrons. The molecule has 4 heteroatoms. The van der Waals surface area contributed by atoms with Gasteiger partial charge in [-0.05, 0) is 54.9 Å². The van der Waals surface area contributed by atoms with Crippen LogP contribution in [-0.2, 0) is 0 Å². The molecule has 0 unspecified atom stereocenters. The first-order valence-corrected chi connectivity index (χ1v) is 6.97. The van der Waals surface area contributed by atoms with Crippen molar-refractivity contribution in [2.24, 2.45) is 10.7 Å². The van der Waals surface area contributed by atoms with Gasteiger partial charge in [0.15, 0.2) is 5.96 Å². The van der Waals surface area contributed by atoms with Crippen LogP contribution < -0.4 is 11.1 Å². The third-order valence-corrected chi connectivity index (χ3v) is 2.69. The van der Waals surface area contributed by atoms with Crippen molar-refractivity contribution < 1.29 is 0 Å². The minimum absolute atomic E-state index is 0.0184. The second kappa shape index (κ2) is 7.62. The van der Waals surface area contributed by atoms with Crippen molar-refractivity contribution in [3.05, 3.63) is 0 Å². The first-order chi connectivity index (χ1) is 8.13. The molecule has 0 spiro atoms. The molecule has 0 aromatic carbocycles. The smallest absolute Gasteiger partial charge is 0.188 e. The first kappa shape index (κ1) is 17.2. The maximum atomic E-state index is 5.82. The van der Waals surface area contributed by atoms with Gasteiger partial charge in [0, 0.05) is 30.7 Å². The Kier molecular flexibility index (Phi) is 7.29. The van der Waals surface area contributed by atoms with E-state index in [2.05, 4.69) is 63.7 Å². The minimum atomic E-state index is -0.0184. The van der Waals surface area contributed by atoms with Crippen LogP contribution >= 0.6 is 0 Å². The second-order valence-electron chi connectivity index (χ2n) is 6.42. The van der Waals surface area contributed by atoms with Crippen LogP contribution in [0.2, 0.25) is 0 Å². The summed E-state index contributed by atoms with van der Waals surface area (Å²) < 4.78 is 0. The number of nitrogens with one attached hydrogen (secondary N) is 1. The fourth-order valence-corrected chi connectivity index (χ4v) is 1.99. The van der Waals surface area contributed by atoms with E-state index in [-0.39, 0.29) is 5.54 Å².